The summed E-state index contributed by atoms with van der Waals surface area (Å²) in [6, 6.07) is 6.91. The Hall–Kier alpha value is -1.06. The van der Waals surface area contributed by atoms with Gasteiger partial charge in [0.2, 0.25) is 0 Å². The maximum atomic E-state index is 5.75. The Labute approximate surface area is 111 Å². The molecule has 1 aromatic carbocycles. The molecule has 1 aromatic rings. The molecule has 0 aliphatic carbocycles. The van der Waals surface area contributed by atoms with E-state index in [2.05, 4.69) is 37.8 Å². The molecule has 1 rings (SSSR count). The normalized spacial score (nSPS) is 12.8. The van der Waals surface area contributed by atoms with E-state index in [0.29, 0.717) is 12.6 Å². The summed E-state index contributed by atoms with van der Waals surface area (Å²) in [5.41, 5.74) is 8.13. The minimum Gasteiger partial charge on any atom is -0.496 e. The molecule has 18 heavy (non-hydrogen) atoms. The van der Waals surface area contributed by atoms with Crippen molar-refractivity contribution in [3.8, 4) is 5.75 Å². The highest BCUT2D eigenvalue weighted by atomic mass is 16.5. The van der Waals surface area contributed by atoms with Crippen LogP contribution >= 0.6 is 0 Å². The monoisotopic (exact) mass is 250 g/mol. The summed E-state index contributed by atoms with van der Waals surface area (Å²) >= 11 is 0. The van der Waals surface area contributed by atoms with Gasteiger partial charge >= 0.3 is 0 Å². The highest BCUT2D eigenvalue weighted by Crippen LogP contribution is 2.21. The Balaban J connectivity index is 2.83. The Morgan fingerprint density at radius 1 is 1.33 bits per heavy atom. The standard InChI is InChI=1S/C15H26N2O/c1-5-12(3)17(6-2)11-13-7-8-15(18-4)14(9-13)10-16/h7-9,12H,5-6,10-11,16H2,1-4H3. The second-order valence-corrected chi connectivity index (χ2v) is 4.67. The van der Waals surface area contributed by atoms with Crippen LogP contribution in [0, 0.1) is 0 Å². The third kappa shape index (κ3) is 3.72. The van der Waals surface area contributed by atoms with Gasteiger partial charge in [-0.3, -0.25) is 4.90 Å². The lowest BCUT2D eigenvalue weighted by Crippen LogP contribution is -2.31. The molecule has 3 nitrogen and oxygen atoms in total. The maximum absolute atomic E-state index is 5.75. The SMILES string of the molecule is CCC(C)N(CC)Cc1ccc(OC)c(CN)c1. The van der Waals surface area contributed by atoms with Crippen LogP contribution in [-0.2, 0) is 13.1 Å². The van der Waals surface area contributed by atoms with E-state index in [-0.39, 0.29) is 0 Å². The predicted octanol–water partition coefficient (Wildman–Crippen LogP) is 2.77. The van der Waals surface area contributed by atoms with Crippen molar-refractivity contribution in [2.24, 2.45) is 5.73 Å². The van der Waals surface area contributed by atoms with E-state index in [1.54, 1.807) is 7.11 Å². The number of nitrogens with zero attached hydrogens (tertiary/aromatic N) is 1. The first-order valence-electron chi connectivity index (χ1n) is 6.76. The van der Waals surface area contributed by atoms with Crippen LogP contribution < -0.4 is 10.5 Å². The van der Waals surface area contributed by atoms with Gasteiger partial charge in [0.1, 0.15) is 5.75 Å². The molecule has 102 valence electrons. The minimum atomic E-state index is 0.520. The molecule has 0 saturated heterocycles. The second-order valence-electron chi connectivity index (χ2n) is 4.67. The molecule has 0 aliphatic rings. The van der Waals surface area contributed by atoms with Gasteiger partial charge in [-0.15, -0.1) is 0 Å². The topological polar surface area (TPSA) is 38.5 Å². The average Bonchev–Trinajstić information content (AvgIpc) is 2.43. The van der Waals surface area contributed by atoms with Gasteiger partial charge < -0.3 is 10.5 Å². The van der Waals surface area contributed by atoms with Gasteiger partial charge in [-0.2, -0.15) is 0 Å². The molecular weight excluding hydrogens is 224 g/mol. The fourth-order valence-electron chi connectivity index (χ4n) is 2.16. The third-order valence-electron chi connectivity index (χ3n) is 3.57. The Bertz CT molecular complexity index is 366. The summed E-state index contributed by atoms with van der Waals surface area (Å²) in [4.78, 5) is 2.47. The maximum Gasteiger partial charge on any atom is 0.123 e. The average molecular weight is 250 g/mol. The van der Waals surface area contributed by atoms with Crippen LogP contribution in [0.15, 0.2) is 18.2 Å². The van der Waals surface area contributed by atoms with Crippen LogP contribution in [0.5, 0.6) is 5.75 Å². The highest BCUT2D eigenvalue weighted by molar-refractivity contribution is 5.37. The number of methoxy groups -OCH3 is 1. The molecule has 0 amide bonds. The van der Waals surface area contributed by atoms with Gasteiger partial charge in [-0.05, 0) is 37.6 Å². The van der Waals surface area contributed by atoms with Crippen LogP contribution in [0.1, 0.15) is 38.3 Å². The van der Waals surface area contributed by atoms with Crippen LogP contribution in [0.25, 0.3) is 0 Å². The fraction of sp³-hybridized carbons (Fsp3) is 0.600. The zero-order valence-electron chi connectivity index (χ0n) is 12.1. The van der Waals surface area contributed by atoms with Crippen LogP contribution in [0.3, 0.4) is 0 Å². The van der Waals surface area contributed by atoms with Gasteiger partial charge in [-0.25, -0.2) is 0 Å². The summed E-state index contributed by atoms with van der Waals surface area (Å²) in [7, 11) is 1.69. The molecule has 0 radical (unpaired) electrons. The minimum absolute atomic E-state index is 0.520. The second kappa shape index (κ2) is 7.39. The molecule has 2 N–H and O–H groups in total. The van der Waals surface area contributed by atoms with Gasteiger partial charge in [0.25, 0.3) is 0 Å². The summed E-state index contributed by atoms with van der Waals surface area (Å²) in [5.74, 6) is 0.882. The lowest BCUT2D eigenvalue weighted by Gasteiger charge is -2.27. The lowest BCUT2D eigenvalue weighted by molar-refractivity contribution is 0.206. The van der Waals surface area contributed by atoms with Gasteiger partial charge in [0.05, 0.1) is 7.11 Å². The van der Waals surface area contributed by atoms with Crippen LogP contribution in [0.4, 0.5) is 0 Å². The van der Waals surface area contributed by atoms with E-state index < -0.39 is 0 Å². The molecule has 0 spiro atoms. The van der Waals surface area contributed by atoms with Crippen LogP contribution in [-0.4, -0.2) is 24.6 Å². The fourth-order valence-corrected chi connectivity index (χ4v) is 2.16. The number of ether oxygens (including phenoxy) is 1. The molecular formula is C15H26N2O. The number of nitrogens with two attached hydrogens (primary N) is 1. The summed E-state index contributed by atoms with van der Waals surface area (Å²) in [6.45, 7) is 9.27. The van der Waals surface area contributed by atoms with E-state index in [1.807, 2.05) is 6.07 Å². The number of rotatable bonds is 7. The van der Waals surface area contributed by atoms with Crippen molar-refractivity contribution >= 4 is 0 Å². The first-order valence-corrected chi connectivity index (χ1v) is 6.76. The number of hydrogen-bond donors (Lipinski definition) is 1. The van der Waals surface area contributed by atoms with Crippen LogP contribution in [0.2, 0.25) is 0 Å². The van der Waals surface area contributed by atoms with Gasteiger partial charge in [0.15, 0.2) is 0 Å². The van der Waals surface area contributed by atoms with Crippen molar-refractivity contribution in [3.63, 3.8) is 0 Å². The largest absolute Gasteiger partial charge is 0.496 e. The third-order valence-corrected chi connectivity index (χ3v) is 3.57. The summed E-state index contributed by atoms with van der Waals surface area (Å²) in [5, 5.41) is 0. The van der Waals surface area contributed by atoms with E-state index in [9.17, 15) is 0 Å². The molecule has 0 heterocycles. The Morgan fingerprint density at radius 3 is 2.56 bits per heavy atom. The lowest BCUT2D eigenvalue weighted by atomic mass is 10.1. The zero-order valence-corrected chi connectivity index (χ0v) is 12.1. The van der Waals surface area contributed by atoms with E-state index in [4.69, 9.17) is 10.5 Å². The molecule has 1 atom stereocenters. The van der Waals surface area contributed by atoms with Crippen molar-refractivity contribution in [3.05, 3.63) is 29.3 Å². The number of benzene rings is 1. The summed E-state index contributed by atoms with van der Waals surface area (Å²) in [6.07, 6.45) is 1.17. The highest BCUT2D eigenvalue weighted by Gasteiger charge is 2.11. The molecule has 0 fully saturated rings. The van der Waals surface area contributed by atoms with Gasteiger partial charge in [-0.1, -0.05) is 19.9 Å². The van der Waals surface area contributed by atoms with E-state index in [1.165, 1.54) is 12.0 Å². The molecule has 3 heteroatoms. The van der Waals surface area contributed by atoms with E-state index in [0.717, 1.165) is 24.4 Å². The van der Waals surface area contributed by atoms with Crippen molar-refractivity contribution in [1.29, 1.82) is 0 Å². The smallest absolute Gasteiger partial charge is 0.123 e. The zero-order chi connectivity index (χ0) is 13.5. The molecule has 0 aromatic heterocycles. The quantitative estimate of drug-likeness (QED) is 0.808. The van der Waals surface area contributed by atoms with E-state index >= 15 is 0 Å². The van der Waals surface area contributed by atoms with Crippen molar-refractivity contribution in [2.45, 2.75) is 46.3 Å². The first-order chi connectivity index (χ1) is 8.65. The Kier molecular flexibility index (Phi) is 6.16. The first kappa shape index (κ1) is 15.0. The van der Waals surface area contributed by atoms with Crippen molar-refractivity contribution in [2.75, 3.05) is 13.7 Å². The summed E-state index contributed by atoms with van der Waals surface area (Å²) < 4.78 is 5.30. The molecule has 0 bridgehead atoms. The van der Waals surface area contributed by atoms with Gasteiger partial charge in [0, 0.05) is 24.7 Å². The molecule has 0 saturated carbocycles. The van der Waals surface area contributed by atoms with Crippen molar-refractivity contribution in [1.82, 2.24) is 4.90 Å². The number of hydrogen-bond acceptors (Lipinski definition) is 3. The molecule has 0 aliphatic heterocycles. The predicted molar refractivity (Wildman–Crippen MR) is 76.7 cm³/mol. The molecule has 1 unspecified atom stereocenters. The Morgan fingerprint density at radius 2 is 2.06 bits per heavy atom. The van der Waals surface area contributed by atoms with Crippen molar-refractivity contribution < 1.29 is 4.74 Å².